The number of benzene rings is 1. The summed E-state index contributed by atoms with van der Waals surface area (Å²) in [6.45, 7) is 0.0740. The standard InChI is InChI=1S/C15H13FN2O/c16-13-7-4-10-17-14(13)11-18-15(19)9-8-12-5-2-1-3-6-12/h1-10H,11H2,(H,18,19)/b9-8+. The number of pyridine rings is 1. The number of nitrogens with zero attached hydrogens (tertiary/aromatic N) is 1. The Labute approximate surface area is 110 Å². The van der Waals surface area contributed by atoms with Gasteiger partial charge in [-0.3, -0.25) is 9.78 Å². The van der Waals surface area contributed by atoms with Gasteiger partial charge in [0.2, 0.25) is 5.91 Å². The lowest BCUT2D eigenvalue weighted by Gasteiger charge is -2.02. The Balaban J connectivity index is 1.89. The van der Waals surface area contributed by atoms with Crippen LogP contribution in [0.3, 0.4) is 0 Å². The summed E-state index contributed by atoms with van der Waals surface area (Å²) in [6, 6.07) is 12.3. The fourth-order valence-corrected chi connectivity index (χ4v) is 1.51. The molecule has 0 unspecified atom stereocenters. The second-order valence-corrected chi connectivity index (χ2v) is 3.89. The van der Waals surface area contributed by atoms with Gasteiger partial charge >= 0.3 is 0 Å². The smallest absolute Gasteiger partial charge is 0.244 e. The van der Waals surface area contributed by atoms with Crippen LogP contribution < -0.4 is 5.32 Å². The van der Waals surface area contributed by atoms with E-state index in [2.05, 4.69) is 10.3 Å². The molecule has 0 aliphatic rings. The van der Waals surface area contributed by atoms with Gasteiger partial charge in [-0.2, -0.15) is 0 Å². The first kappa shape index (κ1) is 13.0. The first-order chi connectivity index (χ1) is 9.25. The van der Waals surface area contributed by atoms with Crippen molar-refractivity contribution < 1.29 is 9.18 Å². The van der Waals surface area contributed by atoms with Crippen molar-refractivity contribution >= 4 is 12.0 Å². The summed E-state index contributed by atoms with van der Waals surface area (Å²) < 4.78 is 13.3. The van der Waals surface area contributed by atoms with E-state index in [1.165, 1.54) is 24.4 Å². The highest BCUT2D eigenvalue weighted by Gasteiger charge is 2.03. The van der Waals surface area contributed by atoms with Crippen LogP contribution in [0.15, 0.2) is 54.7 Å². The predicted molar refractivity (Wildman–Crippen MR) is 71.5 cm³/mol. The summed E-state index contributed by atoms with van der Waals surface area (Å²) in [4.78, 5) is 15.4. The van der Waals surface area contributed by atoms with E-state index >= 15 is 0 Å². The summed E-state index contributed by atoms with van der Waals surface area (Å²) in [6.07, 6.45) is 4.60. The molecule has 1 aromatic carbocycles. The maximum Gasteiger partial charge on any atom is 0.244 e. The minimum Gasteiger partial charge on any atom is -0.347 e. The molecule has 1 aromatic heterocycles. The van der Waals surface area contributed by atoms with E-state index < -0.39 is 5.82 Å². The summed E-state index contributed by atoms with van der Waals surface area (Å²) in [5, 5.41) is 2.58. The number of hydrogen-bond acceptors (Lipinski definition) is 2. The average Bonchev–Trinajstić information content (AvgIpc) is 2.45. The molecule has 4 heteroatoms. The van der Waals surface area contributed by atoms with Gasteiger partial charge in [0, 0.05) is 12.3 Å². The number of halogens is 1. The Kier molecular flexibility index (Phi) is 4.39. The third-order valence-electron chi connectivity index (χ3n) is 2.49. The Morgan fingerprint density at radius 1 is 1.21 bits per heavy atom. The van der Waals surface area contributed by atoms with Gasteiger partial charge in [-0.05, 0) is 23.8 Å². The van der Waals surface area contributed by atoms with Crippen LogP contribution in [-0.4, -0.2) is 10.9 Å². The molecular weight excluding hydrogens is 243 g/mol. The van der Waals surface area contributed by atoms with Gasteiger partial charge in [0.1, 0.15) is 5.82 Å². The monoisotopic (exact) mass is 256 g/mol. The number of carbonyl (C=O) groups is 1. The van der Waals surface area contributed by atoms with E-state index in [-0.39, 0.29) is 18.1 Å². The molecule has 0 atom stereocenters. The highest BCUT2D eigenvalue weighted by atomic mass is 19.1. The van der Waals surface area contributed by atoms with E-state index in [0.29, 0.717) is 0 Å². The van der Waals surface area contributed by atoms with Gasteiger partial charge in [0.15, 0.2) is 0 Å². The van der Waals surface area contributed by atoms with Crippen LogP contribution in [0.25, 0.3) is 6.08 Å². The maximum atomic E-state index is 13.3. The maximum absolute atomic E-state index is 13.3. The van der Waals surface area contributed by atoms with Crippen LogP contribution in [0.5, 0.6) is 0 Å². The van der Waals surface area contributed by atoms with Crippen molar-refractivity contribution in [2.75, 3.05) is 0 Å². The second-order valence-electron chi connectivity index (χ2n) is 3.89. The highest BCUT2D eigenvalue weighted by molar-refractivity contribution is 5.91. The Bertz CT molecular complexity index is 582. The molecule has 0 radical (unpaired) electrons. The summed E-state index contributed by atoms with van der Waals surface area (Å²) in [7, 11) is 0. The third-order valence-corrected chi connectivity index (χ3v) is 2.49. The number of carbonyl (C=O) groups excluding carboxylic acids is 1. The molecule has 1 heterocycles. The number of amides is 1. The molecule has 0 saturated heterocycles. The minimum absolute atomic E-state index is 0.0740. The molecule has 19 heavy (non-hydrogen) atoms. The topological polar surface area (TPSA) is 42.0 Å². The van der Waals surface area contributed by atoms with Crippen molar-refractivity contribution in [1.82, 2.24) is 10.3 Å². The molecule has 0 bridgehead atoms. The van der Waals surface area contributed by atoms with Crippen molar-refractivity contribution in [2.24, 2.45) is 0 Å². The van der Waals surface area contributed by atoms with Crippen LogP contribution in [0.4, 0.5) is 4.39 Å². The summed E-state index contributed by atoms with van der Waals surface area (Å²) >= 11 is 0. The molecule has 0 aliphatic heterocycles. The number of aromatic nitrogens is 1. The Morgan fingerprint density at radius 3 is 2.74 bits per heavy atom. The minimum atomic E-state index is -0.421. The molecule has 1 N–H and O–H groups in total. The highest BCUT2D eigenvalue weighted by Crippen LogP contribution is 2.02. The van der Waals surface area contributed by atoms with Crippen molar-refractivity contribution in [3.63, 3.8) is 0 Å². The zero-order valence-corrected chi connectivity index (χ0v) is 10.2. The van der Waals surface area contributed by atoms with Crippen LogP contribution in [0.1, 0.15) is 11.3 Å². The van der Waals surface area contributed by atoms with E-state index in [0.717, 1.165) is 5.56 Å². The first-order valence-electron chi connectivity index (χ1n) is 5.86. The SMILES string of the molecule is O=C(/C=C/c1ccccc1)NCc1ncccc1F. The fourth-order valence-electron chi connectivity index (χ4n) is 1.51. The van der Waals surface area contributed by atoms with Crippen molar-refractivity contribution in [3.8, 4) is 0 Å². The number of nitrogens with one attached hydrogen (secondary N) is 1. The number of hydrogen-bond donors (Lipinski definition) is 1. The third kappa shape index (κ3) is 4.03. The first-order valence-corrected chi connectivity index (χ1v) is 5.86. The Morgan fingerprint density at radius 2 is 2.00 bits per heavy atom. The van der Waals surface area contributed by atoms with Gasteiger partial charge in [-0.15, -0.1) is 0 Å². The van der Waals surface area contributed by atoms with Gasteiger partial charge in [0.25, 0.3) is 0 Å². The molecule has 0 fully saturated rings. The summed E-state index contributed by atoms with van der Waals surface area (Å²) in [5.41, 5.74) is 1.16. The zero-order valence-electron chi connectivity index (χ0n) is 10.2. The van der Waals surface area contributed by atoms with Crippen LogP contribution in [-0.2, 0) is 11.3 Å². The zero-order chi connectivity index (χ0) is 13.5. The molecule has 2 aromatic rings. The fraction of sp³-hybridized carbons (Fsp3) is 0.0667. The molecular formula is C15H13FN2O. The molecule has 0 saturated carbocycles. The van der Waals surface area contributed by atoms with Crippen molar-refractivity contribution in [3.05, 3.63) is 71.8 Å². The normalized spacial score (nSPS) is 10.6. The average molecular weight is 256 g/mol. The van der Waals surface area contributed by atoms with Crippen molar-refractivity contribution in [2.45, 2.75) is 6.54 Å². The van der Waals surface area contributed by atoms with Gasteiger partial charge < -0.3 is 5.32 Å². The van der Waals surface area contributed by atoms with Crippen molar-refractivity contribution in [1.29, 1.82) is 0 Å². The predicted octanol–water partition coefficient (Wildman–Crippen LogP) is 2.55. The summed E-state index contributed by atoms with van der Waals surface area (Å²) in [5.74, 6) is -0.705. The molecule has 1 amide bonds. The lowest BCUT2D eigenvalue weighted by Crippen LogP contribution is -2.21. The Hall–Kier alpha value is -2.49. The molecule has 3 nitrogen and oxygen atoms in total. The number of rotatable bonds is 4. The quantitative estimate of drug-likeness (QED) is 0.854. The van der Waals surface area contributed by atoms with Gasteiger partial charge in [0.05, 0.1) is 12.2 Å². The van der Waals surface area contributed by atoms with E-state index in [9.17, 15) is 9.18 Å². The molecule has 0 spiro atoms. The van der Waals surface area contributed by atoms with Crippen LogP contribution in [0, 0.1) is 5.82 Å². The largest absolute Gasteiger partial charge is 0.347 e. The lowest BCUT2D eigenvalue weighted by molar-refractivity contribution is -0.116. The van der Waals surface area contributed by atoms with Gasteiger partial charge in [-0.25, -0.2) is 4.39 Å². The van der Waals surface area contributed by atoms with Gasteiger partial charge in [-0.1, -0.05) is 30.3 Å². The molecule has 0 aliphatic carbocycles. The van der Waals surface area contributed by atoms with Crippen LogP contribution >= 0.6 is 0 Å². The van der Waals surface area contributed by atoms with E-state index in [1.54, 1.807) is 6.08 Å². The molecule has 2 rings (SSSR count). The van der Waals surface area contributed by atoms with Crippen LogP contribution in [0.2, 0.25) is 0 Å². The second kappa shape index (κ2) is 6.44. The lowest BCUT2D eigenvalue weighted by atomic mass is 10.2. The van der Waals surface area contributed by atoms with E-state index in [4.69, 9.17) is 0 Å². The molecule has 96 valence electrons. The van der Waals surface area contributed by atoms with E-state index in [1.807, 2.05) is 30.3 Å².